The van der Waals surface area contributed by atoms with Crippen LogP contribution >= 0.6 is 11.6 Å². The molecule has 1 amide bonds. The summed E-state index contributed by atoms with van der Waals surface area (Å²) in [4.78, 5) is 11.9. The fourth-order valence-corrected chi connectivity index (χ4v) is 2.31. The van der Waals surface area contributed by atoms with E-state index in [-0.39, 0.29) is 18.1 Å². The summed E-state index contributed by atoms with van der Waals surface area (Å²) >= 11 is 5.80. The standard InChI is InChI=1S/C14H18ClNO2/c1-10(13-3-2-8-18-13)16-14(17)9-11-4-6-12(15)7-5-11/h4-7,10,13H,2-3,8-9H2,1H3,(H,16,17)/t10-,13+/m1/s1. The maximum Gasteiger partial charge on any atom is 0.224 e. The molecular weight excluding hydrogens is 250 g/mol. The van der Waals surface area contributed by atoms with E-state index >= 15 is 0 Å². The average molecular weight is 268 g/mol. The molecular formula is C14H18ClNO2. The lowest BCUT2D eigenvalue weighted by Crippen LogP contribution is -2.41. The van der Waals surface area contributed by atoms with Crippen LogP contribution in [0.3, 0.4) is 0 Å². The number of amides is 1. The third-order valence-corrected chi connectivity index (χ3v) is 3.44. The summed E-state index contributed by atoms with van der Waals surface area (Å²) in [6.45, 7) is 2.80. The van der Waals surface area contributed by atoms with Crippen LogP contribution in [0.25, 0.3) is 0 Å². The van der Waals surface area contributed by atoms with Crippen LogP contribution in [0.2, 0.25) is 5.02 Å². The Labute approximate surface area is 112 Å². The van der Waals surface area contributed by atoms with Gasteiger partial charge in [-0.05, 0) is 37.5 Å². The Balaban J connectivity index is 1.82. The van der Waals surface area contributed by atoms with Gasteiger partial charge in [-0.1, -0.05) is 23.7 Å². The summed E-state index contributed by atoms with van der Waals surface area (Å²) in [5.41, 5.74) is 0.969. The van der Waals surface area contributed by atoms with Crippen LogP contribution in [-0.2, 0) is 16.0 Å². The molecule has 0 unspecified atom stereocenters. The monoisotopic (exact) mass is 267 g/mol. The van der Waals surface area contributed by atoms with Gasteiger partial charge in [-0.25, -0.2) is 0 Å². The van der Waals surface area contributed by atoms with Gasteiger partial charge in [0.15, 0.2) is 0 Å². The smallest absolute Gasteiger partial charge is 0.224 e. The highest BCUT2D eigenvalue weighted by atomic mass is 35.5. The molecule has 0 aliphatic carbocycles. The molecule has 2 atom stereocenters. The number of ether oxygens (including phenoxy) is 1. The Morgan fingerprint density at radius 1 is 1.50 bits per heavy atom. The number of carbonyl (C=O) groups is 1. The molecule has 1 aliphatic heterocycles. The Bertz CT molecular complexity index is 399. The first-order valence-electron chi connectivity index (χ1n) is 6.30. The van der Waals surface area contributed by atoms with Gasteiger partial charge in [0.2, 0.25) is 5.91 Å². The number of benzene rings is 1. The van der Waals surface area contributed by atoms with Gasteiger partial charge < -0.3 is 10.1 Å². The summed E-state index contributed by atoms with van der Waals surface area (Å²) in [6, 6.07) is 7.42. The maximum absolute atomic E-state index is 11.9. The van der Waals surface area contributed by atoms with E-state index in [4.69, 9.17) is 16.3 Å². The van der Waals surface area contributed by atoms with Crippen molar-refractivity contribution < 1.29 is 9.53 Å². The van der Waals surface area contributed by atoms with Crippen molar-refractivity contribution >= 4 is 17.5 Å². The van der Waals surface area contributed by atoms with Crippen LogP contribution in [0.15, 0.2) is 24.3 Å². The van der Waals surface area contributed by atoms with Crippen LogP contribution in [0.5, 0.6) is 0 Å². The van der Waals surface area contributed by atoms with Crippen LogP contribution in [0.4, 0.5) is 0 Å². The first-order chi connectivity index (χ1) is 8.65. The summed E-state index contributed by atoms with van der Waals surface area (Å²) < 4.78 is 5.55. The first kappa shape index (κ1) is 13.4. The minimum Gasteiger partial charge on any atom is -0.376 e. The zero-order valence-corrected chi connectivity index (χ0v) is 11.2. The minimum atomic E-state index is 0.0281. The highest BCUT2D eigenvalue weighted by Gasteiger charge is 2.23. The predicted octanol–water partition coefficient (Wildman–Crippen LogP) is 2.57. The van der Waals surface area contributed by atoms with Crippen LogP contribution in [0.1, 0.15) is 25.3 Å². The van der Waals surface area contributed by atoms with Crippen LogP contribution in [0, 0.1) is 0 Å². The van der Waals surface area contributed by atoms with Gasteiger partial charge in [-0.15, -0.1) is 0 Å². The molecule has 18 heavy (non-hydrogen) atoms. The minimum absolute atomic E-state index is 0.0281. The van der Waals surface area contributed by atoms with Gasteiger partial charge in [0.1, 0.15) is 0 Å². The highest BCUT2D eigenvalue weighted by molar-refractivity contribution is 6.30. The molecule has 0 spiro atoms. The van der Waals surface area contributed by atoms with Gasteiger partial charge in [0, 0.05) is 11.6 Å². The fraction of sp³-hybridized carbons (Fsp3) is 0.500. The summed E-state index contributed by atoms with van der Waals surface area (Å²) in [7, 11) is 0. The van der Waals surface area contributed by atoms with Crippen LogP contribution < -0.4 is 5.32 Å². The lowest BCUT2D eigenvalue weighted by molar-refractivity contribution is -0.121. The van der Waals surface area contributed by atoms with E-state index in [9.17, 15) is 4.79 Å². The largest absolute Gasteiger partial charge is 0.376 e. The van der Waals surface area contributed by atoms with E-state index in [1.54, 1.807) is 12.1 Å². The molecule has 1 aromatic carbocycles. The maximum atomic E-state index is 11.9. The van der Waals surface area contributed by atoms with Crippen molar-refractivity contribution in [1.82, 2.24) is 5.32 Å². The molecule has 1 N–H and O–H groups in total. The molecule has 2 rings (SSSR count). The third-order valence-electron chi connectivity index (χ3n) is 3.19. The lowest BCUT2D eigenvalue weighted by atomic mass is 10.1. The Hall–Kier alpha value is -1.06. The molecule has 98 valence electrons. The van der Waals surface area contributed by atoms with Crippen molar-refractivity contribution in [2.45, 2.75) is 38.3 Å². The van der Waals surface area contributed by atoms with E-state index in [1.165, 1.54) is 0 Å². The van der Waals surface area contributed by atoms with Gasteiger partial charge in [-0.3, -0.25) is 4.79 Å². The second-order valence-corrected chi connectivity index (χ2v) is 5.15. The zero-order chi connectivity index (χ0) is 13.0. The van der Waals surface area contributed by atoms with Crippen molar-refractivity contribution in [2.75, 3.05) is 6.61 Å². The average Bonchev–Trinajstić information content (AvgIpc) is 2.85. The lowest BCUT2D eigenvalue weighted by Gasteiger charge is -2.19. The third kappa shape index (κ3) is 3.72. The second-order valence-electron chi connectivity index (χ2n) is 4.71. The topological polar surface area (TPSA) is 38.3 Å². The molecule has 4 heteroatoms. The Kier molecular flexibility index (Phi) is 4.61. The number of hydrogen-bond donors (Lipinski definition) is 1. The van der Waals surface area contributed by atoms with Crippen molar-refractivity contribution in [3.8, 4) is 0 Å². The van der Waals surface area contributed by atoms with E-state index in [0.717, 1.165) is 25.0 Å². The molecule has 1 aliphatic rings. The molecule has 0 bridgehead atoms. The molecule has 1 saturated heterocycles. The summed E-state index contributed by atoms with van der Waals surface area (Å²) in [6.07, 6.45) is 2.66. The number of halogens is 1. The van der Waals surface area contributed by atoms with Crippen molar-refractivity contribution in [3.63, 3.8) is 0 Å². The molecule has 0 saturated carbocycles. The predicted molar refractivity (Wildman–Crippen MR) is 71.7 cm³/mol. The van der Waals surface area contributed by atoms with Gasteiger partial charge in [0.05, 0.1) is 18.6 Å². The quantitative estimate of drug-likeness (QED) is 0.911. The van der Waals surface area contributed by atoms with E-state index in [0.29, 0.717) is 11.4 Å². The van der Waals surface area contributed by atoms with Crippen LogP contribution in [-0.4, -0.2) is 24.7 Å². The van der Waals surface area contributed by atoms with Gasteiger partial charge >= 0.3 is 0 Å². The molecule has 1 fully saturated rings. The van der Waals surface area contributed by atoms with E-state index < -0.39 is 0 Å². The molecule has 1 aromatic rings. The number of carbonyl (C=O) groups excluding carboxylic acids is 1. The molecule has 1 heterocycles. The first-order valence-corrected chi connectivity index (χ1v) is 6.68. The SMILES string of the molecule is C[C@@H](NC(=O)Cc1ccc(Cl)cc1)[C@@H]1CCCO1. The van der Waals surface area contributed by atoms with Gasteiger partial charge in [-0.2, -0.15) is 0 Å². The Morgan fingerprint density at radius 2 is 2.22 bits per heavy atom. The fourth-order valence-electron chi connectivity index (χ4n) is 2.18. The normalized spacial score (nSPS) is 20.7. The van der Waals surface area contributed by atoms with Crippen molar-refractivity contribution in [3.05, 3.63) is 34.9 Å². The summed E-state index contributed by atoms with van der Waals surface area (Å²) in [5.74, 6) is 0.0281. The highest BCUT2D eigenvalue weighted by Crippen LogP contribution is 2.15. The van der Waals surface area contributed by atoms with Crippen molar-refractivity contribution in [1.29, 1.82) is 0 Å². The number of nitrogens with one attached hydrogen (secondary N) is 1. The molecule has 3 nitrogen and oxygen atoms in total. The van der Waals surface area contributed by atoms with Crippen molar-refractivity contribution in [2.24, 2.45) is 0 Å². The molecule has 0 radical (unpaired) electrons. The summed E-state index contributed by atoms with van der Waals surface area (Å²) in [5, 5.41) is 3.67. The number of rotatable bonds is 4. The zero-order valence-electron chi connectivity index (χ0n) is 10.5. The van der Waals surface area contributed by atoms with Gasteiger partial charge in [0.25, 0.3) is 0 Å². The number of hydrogen-bond acceptors (Lipinski definition) is 2. The Morgan fingerprint density at radius 3 is 2.83 bits per heavy atom. The van der Waals surface area contributed by atoms with E-state index in [2.05, 4.69) is 5.32 Å². The molecule has 0 aromatic heterocycles. The van der Waals surface area contributed by atoms with E-state index in [1.807, 2.05) is 19.1 Å². The second kappa shape index (κ2) is 6.21.